The minimum absolute atomic E-state index is 0.161. The zero-order chi connectivity index (χ0) is 27.0. The van der Waals surface area contributed by atoms with Crippen molar-refractivity contribution in [3.8, 4) is 0 Å². The average Bonchev–Trinajstić information content (AvgIpc) is 2.85. The number of aromatic carboxylic acids is 4. The molecule has 0 bridgehead atoms. The molecule has 0 aliphatic rings. The standard InChI is InChI=1S/C26H14O11/c27-21(28)13-5-1-3-11-7-9-15(23(31)32)19(17(11)13)25(35)37-26(36)20-16(24(33)34)10-8-12-4-2-6-14(18(12)20)22(29)30/h1-10H,(H,27,28)(H,29,30)(H,31,32)(H,33,34). The van der Waals surface area contributed by atoms with E-state index in [1.54, 1.807) is 0 Å². The largest absolute Gasteiger partial charge is 0.478 e. The third kappa shape index (κ3) is 4.21. The Hall–Kier alpha value is -5.58. The lowest BCUT2D eigenvalue weighted by atomic mass is 9.94. The highest BCUT2D eigenvalue weighted by Crippen LogP contribution is 2.30. The molecule has 11 heteroatoms. The van der Waals surface area contributed by atoms with Crippen molar-refractivity contribution in [1.29, 1.82) is 0 Å². The van der Waals surface area contributed by atoms with Gasteiger partial charge in [-0.25, -0.2) is 28.8 Å². The van der Waals surface area contributed by atoms with Gasteiger partial charge in [0.05, 0.1) is 33.4 Å². The second kappa shape index (κ2) is 9.23. The highest BCUT2D eigenvalue weighted by Gasteiger charge is 2.30. The molecule has 0 heterocycles. The van der Waals surface area contributed by atoms with Crippen LogP contribution < -0.4 is 0 Å². The fourth-order valence-corrected chi connectivity index (χ4v) is 4.08. The molecule has 184 valence electrons. The number of esters is 2. The average molecular weight is 502 g/mol. The number of hydrogen-bond acceptors (Lipinski definition) is 7. The van der Waals surface area contributed by atoms with E-state index < -0.39 is 69.2 Å². The van der Waals surface area contributed by atoms with Crippen LogP contribution in [0.15, 0.2) is 60.7 Å². The van der Waals surface area contributed by atoms with Crippen LogP contribution in [-0.4, -0.2) is 56.2 Å². The number of benzene rings is 4. The maximum atomic E-state index is 13.2. The molecule has 0 saturated carbocycles. The lowest BCUT2D eigenvalue weighted by Gasteiger charge is -2.14. The van der Waals surface area contributed by atoms with Crippen LogP contribution in [-0.2, 0) is 4.74 Å². The Balaban J connectivity index is 1.96. The third-order valence-corrected chi connectivity index (χ3v) is 5.61. The number of carboxylic acids is 4. The summed E-state index contributed by atoms with van der Waals surface area (Å²) in [6.07, 6.45) is 0. The van der Waals surface area contributed by atoms with Crippen molar-refractivity contribution in [3.63, 3.8) is 0 Å². The van der Waals surface area contributed by atoms with Crippen LogP contribution in [0.5, 0.6) is 0 Å². The summed E-state index contributed by atoms with van der Waals surface area (Å²) >= 11 is 0. The summed E-state index contributed by atoms with van der Waals surface area (Å²) in [5, 5.41) is 38.1. The molecule has 4 N–H and O–H groups in total. The van der Waals surface area contributed by atoms with Crippen LogP contribution in [0.3, 0.4) is 0 Å². The van der Waals surface area contributed by atoms with E-state index in [0.29, 0.717) is 0 Å². The molecule has 0 unspecified atom stereocenters. The molecule has 4 aromatic carbocycles. The lowest BCUT2D eigenvalue weighted by molar-refractivity contribution is 0.0389. The Labute approximate surface area is 205 Å². The predicted octanol–water partition coefficient (Wildman–Crippen LogP) is 3.78. The van der Waals surface area contributed by atoms with E-state index in [4.69, 9.17) is 4.74 Å². The van der Waals surface area contributed by atoms with E-state index in [1.807, 2.05) is 0 Å². The van der Waals surface area contributed by atoms with Gasteiger partial charge in [0.15, 0.2) is 0 Å². The number of carbonyl (C=O) groups excluding carboxylic acids is 2. The molecule has 0 spiro atoms. The van der Waals surface area contributed by atoms with Gasteiger partial charge in [-0.15, -0.1) is 0 Å². The van der Waals surface area contributed by atoms with Gasteiger partial charge in [0.25, 0.3) is 0 Å². The van der Waals surface area contributed by atoms with Crippen molar-refractivity contribution >= 4 is 57.4 Å². The van der Waals surface area contributed by atoms with Gasteiger partial charge in [-0.1, -0.05) is 36.4 Å². The first-order valence-electron chi connectivity index (χ1n) is 10.3. The monoisotopic (exact) mass is 502 g/mol. The Bertz CT molecular complexity index is 1570. The molecule has 0 radical (unpaired) electrons. The van der Waals surface area contributed by atoms with Crippen LogP contribution in [0, 0.1) is 0 Å². The summed E-state index contributed by atoms with van der Waals surface area (Å²) < 4.78 is 4.90. The van der Waals surface area contributed by atoms with Crippen LogP contribution in [0.2, 0.25) is 0 Å². The van der Waals surface area contributed by atoms with Gasteiger partial charge in [-0.2, -0.15) is 0 Å². The number of carboxylic acid groups (broad SMARTS) is 4. The van der Waals surface area contributed by atoms with E-state index in [-0.39, 0.29) is 21.5 Å². The molecule has 0 atom stereocenters. The number of carbonyl (C=O) groups is 6. The minimum Gasteiger partial charge on any atom is -0.478 e. The maximum Gasteiger partial charge on any atom is 0.347 e. The van der Waals surface area contributed by atoms with Crippen molar-refractivity contribution in [2.24, 2.45) is 0 Å². The van der Waals surface area contributed by atoms with Crippen LogP contribution in [0.1, 0.15) is 62.1 Å². The van der Waals surface area contributed by atoms with Gasteiger partial charge in [0, 0.05) is 10.8 Å². The number of ether oxygens (including phenoxy) is 1. The molecule has 4 aromatic rings. The molecule has 37 heavy (non-hydrogen) atoms. The highest BCUT2D eigenvalue weighted by molar-refractivity contribution is 6.23. The van der Waals surface area contributed by atoms with Gasteiger partial charge in [-0.05, 0) is 35.0 Å². The first-order chi connectivity index (χ1) is 17.5. The van der Waals surface area contributed by atoms with E-state index in [1.165, 1.54) is 36.4 Å². The molecule has 0 saturated heterocycles. The second-order valence-electron chi connectivity index (χ2n) is 7.68. The molecule has 0 aliphatic carbocycles. The SMILES string of the molecule is O=C(O)c1ccc2cccc(C(=O)O)c2c1C(=O)OC(=O)c1c(C(=O)O)ccc2cccc(C(=O)O)c12. The summed E-state index contributed by atoms with van der Waals surface area (Å²) in [5.41, 5.74) is -3.70. The molecule has 0 aromatic heterocycles. The van der Waals surface area contributed by atoms with E-state index in [0.717, 1.165) is 24.3 Å². The molecular weight excluding hydrogens is 488 g/mol. The third-order valence-electron chi connectivity index (χ3n) is 5.61. The molecule has 0 aliphatic heterocycles. The van der Waals surface area contributed by atoms with Gasteiger partial charge in [0.1, 0.15) is 0 Å². The summed E-state index contributed by atoms with van der Waals surface area (Å²) in [6, 6.07) is 12.4. The molecule has 0 amide bonds. The number of hydrogen-bond donors (Lipinski definition) is 4. The smallest absolute Gasteiger partial charge is 0.347 e. The number of rotatable bonds is 6. The molecule has 11 nitrogen and oxygen atoms in total. The fraction of sp³-hybridized carbons (Fsp3) is 0. The van der Waals surface area contributed by atoms with Gasteiger partial charge in [-0.3, -0.25) is 0 Å². The van der Waals surface area contributed by atoms with E-state index in [2.05, 4.69) is 0 Å². The summed E-state index contributed by atoms with van der Waals surface area (Å²) in [6.45, 7) is 0. The van der Waals surface area contributed by atoms with Crippen molar-refractivity contribution in [3.05, 3.63) is 94.0 Å². The Morgan fingerprint density at radius 1 is 0.459 bits per heavy atom. The predicted molar refractivity (Wildman–Crippen MR) is 125 cm³/mol. The van der Waals surface area contributed by atoms with E-state index >= 15 is 0 Å². The van der Waals surface area contributed by atoms with Crippen molar-refractivity contribution in [2.75, 3.05) is 0 Å². The minimum atomic E-state index is -1.62. The molecule has 0 fully saturated rings. The fourth-order valence-electron chi connectivity index (χ4n) is 4.08. The summed E-state index contributed by atoms with van der Waals surface area (Å²) in [4.78, 5) is 73.7. The first-order valence-corrected chi connectivity index (χ1v) is 10.3. The Morgan fingerprint density at radius 3 is 1.14 bits per heavy atom. The lowest BCUT2D eigenvalue weighted by Crippen LogP contribution is -2.20. The molecular formula is C26H14O11. The molecule has 4 rings (SSSR count). The normalized spacial score (nSPS) is 10.7. The Morgan fingerprint density at radius 2 is 0.811 bits per heavy atom. The van der Waals surface area contributed by atoms with Gasteiger partial charge >= 0.3 is 35.8 Å². The van der Waals surface area contributed by atoms with Crippen LogP contribution in [0.25, 0.3) is 21.5 Å². The topological polar surface area (TPSA) is 193 Å². The van der Waals surface area contributed by atoms with Crippen molar-refractivity contribution in [2.45, 2.75) is 0 Å². The van der Waals surface area contributed by atoms with Gasteiger partial charge in [0.2, 0.25) is 0 Å². The number of fused-ring (bicyclic) bond motifs is 2. The first kappa shape index (κ1) is 24.5. The quantitative estimate of drug-likeness (QED) is 0.221. The Kier molecular flexibility index (Phi) is 6.12. The zero-order valence-electron chi connectivity index (χ0n) is 18.4. The summed E-state index contributed by atoms with van der Waals surface area (Å²) in [5.74, 6) is -9.34. The maximum absolute atomic E-state index is 13.2. The van der Waals surface area contributed by atoms with Crippen LogP contribution >= 0.6 is 0 Å². The van der Waals surface area contributed by atoms with Gasteiger partial charge < -0.3 is 25.2 Å². The highest BCUT2D eigenvalue weighted by atomic mass is 16.6. The van der Waals surface area contributed by atoms with E-state index in [9.17, 15) is 49.2 Å². The summed E-state index contributed by atoms with van der Waals surface area (Å²) in [7, 11) is 0. The zero-order valence-corrected chi connectivity index (χ0v) is 18.4. The second-order valence-corrected chi connectivity index (χ2v) is 7.68. The van der Waals surface area contributed by atoms with Crippen molar-refractivity contribution in [1.82, 2.24) is 0 Å². The van der Waals surface area contributed by atoms with Crippen LogP contribution in [0.4, 0.5) is 0 Å². The van der Waals surface area contributed by atoms with Crippen molar-refractivity contribution < 1.29 is 53.9 Å².